The maximum absolute atomic E-state index is 13.6. The Morgan fingerprint density at radius 2 is 2.16 bits per heavy atom. The lowest BCUT2D eigenvalue weighted by Gasteiger charge is -2.15. The Bertz CT molecular complexity index is 981. The van der Waals surface area contributed by atoms with E-state index in [0.717, 1.165) is 39.7 Å². The zero-order chi connectivity index (χ0) is 17.6. The van der Waals surface area contributed by atoms with Crippen LogP contribution in [0.3, 0.4) is 0 Å². The van der Waals surface area contributed by atoms with Crippen LogP contribution in [0.15, 0.2) is 36.7 Å². The number of hydrogen-bond acceptors (Lipinski definition) is 4. The molecule has 0 amide bonds. The van der Waals surface area contributed by atoms with Crippen molar-refractivity contribution in [1.29, 1.82) is 0 Å². The van der Waals surface area contributed by atoms with Crippen molar-refractivity contribution in [2.24, 2.45) is 7.05 Å². The molecule has 0 fully saturated rings. The van der Waals surface area contributed by atoms with Gasteiger partial charge in [0.15, 0.2) is 0 Å². The highest BCUT2D eigenvalue weighted by Crippen LogP contribution is 2.33. The molecule has 0 saturated heterocycles. The first kappa shape index (κ1) is 15.7. The van der Waals surface area contributed by atoms with Crippen molar-refractivity contribution in [1.82, 2.24) is 19.7 Å². The van der Waals surface area contributed by atoms with Gasteiger partial charge in [-0.1, -0.05) is 12.1 Å². The number of alkyl halides is 1. The van der Waals surface area contributed by atoms with Gasteiger partial charge in [0, 0.05) is 36.8 Å². The first-order valence-corrected chi connectivity index (χ1v) is 8.32. The van der Waals surface area contributed by atoms with Crippen molar-refractivity contribution < 1.29 is 4.39 Å². The standard InChI is InChI=1S/C19H20FN5/c1-19(2,20)11-22-18-21-9-15-14(5-7-17(15)23-18)12-4-6-16-13(8-12)10-25(3)24-16/h4-6,8-10H,7,11H2,1-3H3,(H,21,22,23). The Morgan fingerprint density at radius 1 is 1.32 bits per heavy atom. The van der Waals surface area contributed by atoms with Gasteiger partial charge in [0.2, 0.25) is 5.95 Å². The summed E-state index contributed by atoms with van der Waals surface area (Å²) >= 11 is 0. The molecule has 0 bridgehead atoms. The van der Waals surface area contributed by atoms with Gasteiger partial charge >= 0.3 is 0 Å². The second kappa shape index (κ2) is 5.65. The van der Waals surface area contributed by atoms with Crippen molar-refractivity contribution in [2.45, 2.75) is 25.9 Å². The molecule has 6 heteroatoms. The molecular weight excluding hydrogens is 317 g/mol. The van der Waals surface area contributed by atoms with E-state index in [1.165, 1.54) is 13.8 Å². The monoisotopic (exact) mass is 337 g/mol. The van der Waals surface area contributed by atoms with Gasteiger partial charge < -0.3 is 5.32 Å². The van der Waals surface area contributed by atoms with Crippen LogP contribution in [0, 0.1) is 0 Å². The van der Waals surface area contributed by atoms with Gasteiger partial charge in [-0.2, -0.15) is 5.10 Å². The van der Waals surface area contributed by atoms with E-state index in [-0.39, 0.29) is 6.54 Å². The van der Waals surface area contributed by atoms with Crippen LogP contribution in [0.2, 0.25) is 0 Å². The number of nitrogens with zero attached hydrogens (tertiary/aromatic N) is 4. The molecule has 25 heavy (non-hydrogen) atoms. The minimum atomic E-state index is -1.30. The fourth-order valence-corrected chi connectivity index (χ4v) is 3.07. The molecule has 0 unspecified atom stereocenters. The average Bonchev–Trinajstić information content (AvgIpc) is 3.13. The van der Waals surface area contributed by atoms with Gasteiger partial charge in [-0.15, -0.1) is 0 Å². The molecule has 1 aliphatic carbocycles. The predicted molar refractivity (Wildman–Crippen MR) is 97.2 cm³/mol. The number of hydrogen-bond donors (Lipinski definition) is 1. The molecular formula is C19H20FN5. The number of fused-ring (bicyclic) bond motifs is 2. The van der Waals surface area contributed by atoms with Crippen molar-refractivity contribution in [3.05, 3.63) is 53.5 Å². The largest absolute Gasteiger partial charge is 0.351 e. The lowest BCUT2D eigenvalue weighted by Crippen LogP contribution is -2.25. The smallest absolute Gasteiger partial charge is 0.223 e. The molecule has 0 saturated carbocycles. The van der Waals surface area contributed by atoms with Crippen molar-refractivity contribution >= 4 is 22.4 Å². The number of anilines is 1. The normalized spacial score (nSPS) is 13.8. The third-order valence-electron chi connectivity index (χ3n) is 4.25. The highest BCUT2D eigenvalue weighted by molar-refractivity contribution is 5.89. The third-order valence-corrected chi connectivity index (χ3v) is 4.25. The molecule has 1 aromatic carbocycles. The molecule has 0 aliphatic heterocycles. The molecule has 0 spiro atoms. The Hall–Kier alpha value is -2.76. The summed E-state index contributed by atoms with van der Waals surface area (Å²) in [7, 11) is 1.92. The summed E-state index contributed by atoms with van der Waals surface area (Å²) in [4.78, 5) is 8.89. The van der Waals surface area contributed by atoms with Crippen molar-refractivity contribution in [3.8, 4) is 0 Å². The molecule has 4 rings (SSSR count). The van der Waals surface area contributed by atoms with Crippen LogP contribution >= 0.6 is 0 Å². The Labute approximate surface area is 145 Å². The number of halogens is 1. The van der Waals surface area contributed by atoms with Gasteiger partial charge in [-0.05, 0) is 37.1 Å². The van der Waals surface area contributed by atoms with Crippen molar-refractivity contribution in [3.63, 3.8) is 0 Å². The van der Waals surface area contributed by atoms with Crippen LogP contribution in [-0.4, -0.2) is 32.0 Å². The summed E-state index contributed by atoms with van der Waals surface area (Å²) in [6.07, 6.45) is 6.76. The fourth-order valence-electron chi connectivity index (χ4n) is 3.07. The Balaban J connectivity index is 1.62. The average molecular weight is 337 g/mol. The third kappa shape index (κ3) is 3.12. The summed E-state index contributed by atoms with van der Waals surface area (Å²) in [6.45, 7) is 3.24. The van der Waals surface area contributed by atoms with E-state index in [0.29, 0.717) is 5.95 Å². The second-order valence-corrected chi connectivity index (χ2v) is 7.02. The lowest BCUT2D eigenvalue weighted by molar-refractivity contribution is 0.234. The van der Waals surface area contributed by atoms with Crippen LogP contribution in [-0.2, 0) is 13.5 Å². The Morgan fingerprint density at radius 3 is 2.96 bits per heavy atom. The van der Waals surface area contributed by atoms with Gasteiger partial charge in [-0.25, -0.2) is 14.4 Å². The van der Waals surface area contributed by atoms with E-state index >= 15 is 0 Å². The van der Waals surface area contributed by atoms with Crippen LogP contribution < -0.4 is 5.32 Å². The molecule has 2 aromatic heterocycles. The van der Waals surface area contributed by atoms with Crippen LogP contribution in [0.25, 0.3) is 16.5 Å². The van der Waals surface area contributed by atoms with E-state index in [9.17, 15) is 4.39 Å². The summed E-state index contributed by atoms with van der Waals surface area (Å²) in [6, 6.07) is 6.25. The fraction of sp³-hybridized carbons (Fsp3) is 0.316. The Kier molecular flexibility index (Phi) is 3.56. The molecule has 0 atom stereocenters. The molecule has 5 nitrogen and oxygen atoms in total. The zero-order valence-electron chi connectivity index (χ0n) is 14.5. The van der Waals surface area contributed by atoms with Gasteiger partial charge in [0.05, 0.1) is 17.8 Å². The molecule has 2 heterocycles. The molecule has 128 valence electrons. The summed E-state index contributed by atoms with van der Waals surface area (Å²) < 4.78 is 15.4. The maximum atomic E-state index is 13.6. The van der Waals surface area contributed by atoms with E-state index in [1.54, 1.807) is 0 Å². The number of aromatic nitrogens is 4. The van der Waals surface area contributed by atoms with Crippen LogP contribution in [0.4, 0.5) is 10.3 Å². The predicted octanol–water partition coefficient (Wildman–Crippen LogP) is 3.51. The van der Waals surface area contributed by atoms with E-state index in [2.05, 4.69) is 38.6 Å². The number of rotatable bonds is 4. The second-order valence-electron chi connectivity index (χ2n) is 7.02. The number of benzene rings is 1. The molecule has 1 aliphatic rings. The van der Waals surface area contributed by atoms with Crippen LogP contribution in [0.1, 0.15) is 30.7 Å². The minimum absolute atomic E-state index is 0.184. The number of aryl methyl sites for hydroxylation is 1. The maximum Gasteiger partial charge on any atom is 0.223 e. The van der Waals surface area contributed by atoms with E-state index in [1.807, 2.05) is 30.2 Å². The molecule has 1 N–H and O–H groups in total. The zero-order valence-corrected chi connectivity index (χ0v) is 14.5. The first-order valence-electron chi connectivity index (χ1n) is 8.32. The van der Waals surface area contributed by atoms with Gasteiger partial charge in [0.25, 0.3) is 0 Å². The number of allylic oxidation sites excluding steroid dienone is 1. The minimum Gasteiger partial charge on any atom is -0.351 e. The van der Waals surface area contributed by atoms with Crippen LogP contribution in [0.5, 0.6) is 0 Å². The highest BCUT2D eigenvalue weighted by Gasteiger charge is 2.20. The topological polar surface area (TPSA) is 55.6 Å². The summed E-state index contributed by atoms with van der Waals surface area (Å²) in [5.74, 6) is 0.474. The summed E-state index contributed by atoms with van der Waals surface area (Å²) in [5, 5.41) is 8.49. The lowest BCUT2D eigenvalue weighted by atomic mass is 10.0. The SMILES string of the molecule is Cn1cc2cc(C3=CCc4nc(NCC(C)(C)F)ncc43)ccc2n1. The first-order chi connectivity index (χ1) is 11.9. The molecule has 3 aromatic rings. The molecule has 0 radical (unpaired) electrons. The van der Waals surface area contributed by atoms with E-state index < -0.39 is 5.67 Å². The summed E-state index contributed by atoms with van der Waals surface area (Å²) in [5.41, 5.74) is 3.95. The van der Waals surface area contributed by atoms with Gasteiger partial charge in [0.1, 0.15) is 5.67 Å². The quantitative estimate of drug-likeness (QED) is 0.791. The number of nitrogens with one attached hydrogen (secondary N) is 1. The van der Waals surface area contributed by atoms with Crippen molar-refractivity contribution in [2.75, 3.05) is 11.9 Å². The van der Waals surface area contributed by atoms with E-state index in [4.69, 9.17) is 0 Å². The van der Waals surface area contributed by atoms with Gasteiger partial charge in [-0.3, -0.25) is 4.68 Å². The highest BCUT2D eigenvalue weighted by atomic mass is 19.1.